The van der Waals surface area contributed by atoms with Crippen LogP contribution in [0, 0.1) is 0 Å². The van der Waals surface area contributed by atoms with E-state index in [4.69, 9.17) is 21.1 Å². The lowest BCUT2D eigenvalue weighted by atomic mass is 10.4. The first-order chi connectivity index (χ1) is 9.37. The normalized spacial score (nSPS) is 19.4. The lowest BCUT2D eigenvalue weighted by molar-refractivity contribution is -0.157. The molecule has 0 amide bonds. The zero-order valence-electron chi connectivity index (χ0n) is 10.3. The van der Waals surface area contributed by atoms with E-state index >= 15 is 0 Å². The lowest BCUT2D eigenvalue weighted by Gasteiger charge is -2.14. The summed E-state index contributed by atoms with van der Waals surface area (Å²) in [4.78, 5) is 11.1. The van der Waals surface area contributed by atoms with Gasteiger partial charge in [-0.05, 0) is 31.2 Å². The summed E-state index contributed by atoms with van der Waals surface area (Å²) in [5.74, 6) is -0.902. The van der Waals surface area contributed by atoms with E-state index in [1.54, 1.807) is 19.1 Å². The molecule has 0 saturated carbocycles. The van der Waals surface area contributed by atoms with Gasteiger partial charge in [0, 0.05) is 11.1 Å². The van der Waals surface area contributed by atoms with Crippen LogP contribution in [0.4, 0.5) is 0 Å². The minimum absolute atomic E-state index is 0.0110. The summed E-state index contributed by atoms with van der Waals surface area (Å²) in [7, 11) is -3.95. The molecule has 0 aliphatic carbocycles. The minimum atomic E-state index is -3.95. The average molecular weight is 382 g/mol. The van der Waals surface area contributed by atoms with Crippen LogP contribution < -0.4 is 0 Å². The van der Waals surface area contributed by atoms with E-state index in [9.17, 15) is 13.2 Å². The maximum absolute atomic E-state index is 12.5. The minimum Gasteiger partial charge on any atom is -0.426 e. The van der Waals surface area contributed by atoms with Crippen LogP contribution >= 0.6 is 27.5 Å². The second kappa shape index (κ2) is 5.85. The number of esters is 1. The molecule has 0 unspecified atom stereocenters. The molecule has 0 spiro atoms. The quantitative estimate of drug-likeness (QED) is 0.750. The molecule has 0 bridgehead atoms. The third-order valence-corrected chi connectivity index (χ3v) is 5.42. The average Bonchev–Trinajstić information content (AvgIpc) is 2.66. The van der Waals surface area contributed by atoms with Crippen LogP contribution in [0.25, 0.3) is 0 Å². The number of ether oxygens (including phenoxy) is 2. The van der Waals surface area contributed by atoms with Crippen molar-refractivity contribution in [3.8, 4) is 0 Å². The zero-order valence-corrected chi connectivity index (χ0v) is 13.5. The zero-order chi connectivity index (χ0) is 14.9. The molecule has 1 aromatic rings. The topological polar surface area (TPSA) is 69.7 Å². The first-order valence-corrected chi connectivity index (χ1v) is 8.26. The molecule has 0 saturated heterocycles. The molecule has 1 heterocycles. The van der Waals surface area contributed by atoms with Crippen LogP contribution in [0.5, 0.6) is 0 Å². The van der Waals surface area contributed by atoms with Gasteiger partial charge < -0.3 is 9.47 Å². The fourth-order valence-electron chi connectivity index (χ4n) is 1.65. The molecule has 0 N–H and O–H groups in total. The van der Waals surface area contributed by atoms with Crippen LogP contribution in [0.15, 0.2) is 43.6 Å². The van der Waals surface area contributed by atoms with Crippen molar-refractivity contribution in [2.75, 3.05) is 6.61 Å². The van der Waals surface area contributed by atoms with Gasteiger partial charge in [-0.1, -0.05) is 27.5 Å². The Bertz CT molecular complexity index is 666. The smallest absolute Gasteiger partial charge is 0.353 e. The summed E-state index contributed by atoms with van der Waals surface area (Å²) in [6.07, 6.45) is -1.30. The Balaban J connectivity index is 2.51. The van der Waals surface area contributed by atoms with E-state index in [1.165, 1.54) is 12.1 Å². The van der Waals surface area contributed by atoms with Crippen molar-refractivity contribution in [1.29, 1.82) is 0 Å². The van der Waals surface area contributed by atoms with Gasteiger partial charge in [0.1, 0.15) is 9.94 Å². The number of hydrogen-bond donors (Lipinski definition) is 0. The standard InChI is InChI=1S/C12H10BrClO5S/c1-2-18-12-10(9(14)11(15)19-12)20(16,17)8-5-3-7(13)4-6-8/h3-6,12H,2H2,1H3/t12-/m0/s1. The molecular formula is C12H10BrClO5S. The predicted octanol–water partition coefficient (Wildman–Crippen LogP) is 2.59. The SMILES string of the molecule is CCO[C@H]1OC(=O)C(Cl)=C1S(=O)(=O)c1ccc(Br)cc1. The Morgan fingerprint density at radius 3 is 2.50 bits per heavy atom. The van der Waals surface area contributed by atoms with E-state index in [-0.39, 0.29) is 16.4 Å². The number of sulfone groups is 1. The van der Waals surface area contributed by atoms with Gasteiger partial charge >= 0.3 is 5.97 Å². The highest BCUT2D eigenvalue weighted by Gasteiger charge is 2.42. The second-order valence-electron chi connectivity index (χ2n) is 3.83. The third kappa shape index (κ3) is 2.76. The highest BCUT2D eigenvalue weighted by molar-refractivity contribution is 9.10. The van der Waals surface area contributed by atoms with Gasteiger partial charge in [-0.25, -0.2) is 13.2 Å². The van der Waals surface area contributed by atoms with Crippen molar-refractivity contribution in [2.45, 2.75) is 18.1 Å². The molecule has 1 aliphatic rings. The molecule has 20 heavy (non-hydrogen) atoms. The number of benzene rings is 1. The summed E-state index contributed by atoms with van der Waals surface area (Å²) < 4.78 is 35.7. The van der Waals surface area contributed by atoms with E-state index in [0.717, 1.165) is 4.47 Å². The van der Waals surface area contributed by atoms with Crippen LogP contribution in [-0.4, -0.2) is 27.3 Å². The predicted molar refractivity (Wildman–Crippen MR) is 75.7 cm³/mol. The molecule has 1 atom stereocenters. The number of carbonyl (C=O) groups excluding carboxylic acids is 1. The molecule has 1 aliphatic heterocycles. The molecule has 0 fully saturated rings. The van der Waals surface area contributed by atoms with Gasteiger partial charge in [-0.15, -0.1) is 0 Å². The van der Waals surface area contributed by atoms with E-state index in [1.807, 2.05) is 0 Å². The number of carbonyl (C=O) groups is 1. The fraction of sp³-hybridized carbons (Fsp3) is 0.250. The van der Waals surface area contributed by atoms with E-state index < -0.39 is 27.1 Å². The largest absolute Gasteiger partial charge is 0.426 e. The monoisotopic (exact) mass is 380 g/mol. The van der Waals surface area contributed by atoms with Crippen molar-refractivity contribution in [3.63, 3.8) is 0 Å². The van der Waals surface area contributed by atoms with Gasteiger partial charge in [-0.2, -0.15) is 0 Å². The molecular weight excluding hydrogens is 372 g/mol. The van der Waals surface area contributed by atoms with Gasteiger partial charge in [0.25, 0.3) is 0 Å². The van der Waals surface area contributed by atoms with Crippen LogP contribution in [-0.2, 0) is 24.1 Å². The van der Waals surface area contributed by atoms with Crippen LogP contribution in [0.2, 0.25) is 0 Å². The molecule has 8 heteroatoms. The summed E-state index contributed by atoms with van der Waals surface area (Å²) in [5.41, 5.74) is 0. The highest BCUT2D eigenvalue weighted by Crippen LogP contribution is 2.34. The lowest BCUT2D eigenvalue weighted by Crippen LogP contribution is -2.21. The number of rotatable bonds is 4. The van der Waals surface area contributed by atoms with Crippen molar-refractivity contribution in [2.24, 2.45) is 0 Å². The van der Waals surface area contributed by atoms with Gasteiger partial charge in [0.15, 0.2) is 0 Å². The van der Waals surface area contributed by atoms with Crippen molar-refractivity contribution < 1.29 is 22.7 Å². The molecule has 5 nitrogen and oxygen atoms in total. The Morgan fingerprint density at radius 2 is 1.95 bits per heavy atom. The number of cyclic esters (lactones) is 1. The summed E-state index contributed by atoms with van der Waals surface area (Å²) in [6, 6.07) is 5.97. The van der Waals surface area contributed by atoms with E-state index in [0.29, 0.717) is 0 Å². The Kier molecular flexibility index (Phi) is 4.53. The van der Waals surface area contributed by atoms with Crippen molar-refractivity contribution in [1.82, 2.24) is 0 Å². The Labute approximate surface area is 129 Å². The number of hydrogen-bond acceptors (Lipinski definition) is 5. The summed E-state index contributed by atoms with van der Waals surface area (Å²) >= 11 is 8.98. The van der Waals surface area contributed by atoms with E-state index in [2.05, 4.69) is 15.9 Å². The summed E-state index contributed by atoms with van der Waals surface area (Å²) in [6.45, 7) is 1.84. The Hall–Kier alpha value is -0.890. The maximum atomic E-state index is 12.5. The van der Waals surface area contributed by atoms with Gasteiger partial charge in [0.2, 0.25) is 16.1 Å². The van der Waals surface area contributed by atoms with Crippen molar-refractivity contribution in [3.05, 3.63) is 38.7 Å². The van der Waals surface area contributed by atoms with Gasteiger partial charge in [0.05, 0.1) is 4.90 Å². The molecule has 1 aromatic carbocycles. The first-order valence-electron chi connectivity index (χ1n) is 5.61. The van der Waals surface area contributed by atoms with Crippen LogP contribution in [0.3, 0.4) is 0 Å². The Morgan fingerprint density at radius 1 is 1.35 bits per heavy atom. The molecule has 2 rings (SSSR count). The number of halogens is 2. The maximum Gasteiger partial charge on any atom is 0.353 e. The molecule has 108 valence electrons. The fourth-order valence-corrected chi connectivity index (χ4v) is 3.79. The molecule has 0 aromatic heterocycles. The van der Waals surface area contributed by atoms with Gasteiger partial charge in [-0.3, -0.25) is 0 Å². The second-order valence-corrected chi connectivity index (χ2v) is 7.04. The third-order valence-electron chi connectivity index (χ3n) is 2.56. The molecule has 0 radical (unpaired) electrons. The summed E-state index contributed by atoms with van der Waals surface area (Å²) in [5, 5.41) is -0.466. The highest BCUT2D eigenvalue weighted by atomic mass is 79.9. The van der Waals surface area contributed by atoms with Crippen LogP contribution in [0.1, 0.15) is 6.92 Å². The first kappa shape index (κ1) is 15.5. The van der Waals surface area contributed by atoms with Crippen molar-refractivity contribution >= 4 is 43.3 Å².